The van der Waals surface area contributed by atoms with Crippen molar-refractivity contribution in [3.63, 3.8) is 0 Å². The van der Waals surface area contributed by atoms with Crippen molar-refractivity contribution in [3.05, 3.63) is 64.6 Å². The highest BCUT2D eigenvalue weighted by molar-refractivity contribution is 5.95. The van der Waals surface area contributed by atoms with Crippen LogP contribution in [-0.2, 0) is 11.3 Å². The maximum atomic E-state index is 13.3. The van der Waals surface area contributed by atoms with Crippen LogP contribution >= 0.6 is 0 Å². The zero-order valence-corrected chi connectivity index (χ0v) is 18.3. The molecule has 1 N–H and O–H groups in total. The number of carbonyl (C=O) groups is 2. The van der Waals surface area contributed by atoms with Gasteiger partial charge in [-0.3, -0.25) is 9.59 Å². The molecule has 33 heavy (non-hydrogen) atoms. The van der Waals surface area contributed by atoms with Crippen LogP contribution in [0.3, 0.4) is 0 Å². The quantitative estimate of drug-likeness (QED) is 0.475. The van der Waals surface area contributed by atoms with Crippen LogP contribution in [-0.4, -0.2) is 43.9 Å². The fourth-order valence-corrected chi connectivity index (χ4v) is 4.23. The van der Waals surface area contributed by atoms with Crippen molar-refractivity contribution in [1.82, 2.24) is 19.2 Å². The molecule has 9 nitrogen and oxygen atoms in total. The van der Waals surface area contributed by atoms with Gasteiger partial charge in [0, 0.05) is 24.3 Å². The first kappa shape index (κ1) is 20.9. The molecule has 1 aliphatic heterocycles. The van der Waals surface area contributed by atoms with Gasteiger partial charge in [-0.15, -0.1) is 5.10 Å². The van der Waals surface area contributed by atoms with Gasteiger partial charge >= 0.3 is 5.69 Å². The summed E-state index contributed by atoms with van der Waals surface area (Å²) in [7, 11) is 0. The van der Waals surface area contributed by atoms with Gasteiger partial charge in [0.05, 0.1) is 11.0 Å². The summed E-state index contributed by atoms with van der Waals surface area (Å²) in [5.41, 5.74) is 2.55. The predicted molar refractivity (Wildman–Crippen MR) is 126 cm³/mol. The lowest BCUT2D eigenvalue weighted by atomic mass is 10.1. The molecule has 2 aromatic carbocycles. The van der Waals surface area contributed by atoms with E-state index in [0.29, 0.717) is 33.7 Å². The Kier molecular flexibility index (Phi) is 5.37. The minimum atomic E-state index is -0.385. The lowest BCUT2D eigenvalue weighted by Gasteiger charge is -2.27. The molecule has 0 bridgehead atoms. The van der Waals surface area contributed by atoms with Crippen molar-refractivity contribution >= 4 is 39.9 Å². The fraction of sp³-hybridized carbons (Fsp3) is 0.292. The van der Waals surface area contributed by atoms with Crippen LogP contribution in [0.5, 0.6) is 0 Å². The molecule has 0 radical (unpaired) electrons. The van der Waals surface area contributed by atoms with Gasteiger partial charge in [-0.05, 0) is 62.6 Å². The monoisotopic (exact) mass is 444 g/mol. The Balaban J connectivity index is 1.50. The van der Waals surface area contributed by atoms with Crippen LogP contribution in [0.1, 0.15) is 36.5 Å². The van der Waals surface area contributed by atoms with E-state index in [-0.39, 0.29) is 23.9 Å². The van der Waals surface area contributed by atoms with Crippen molar-refractivity contribution in [2.24, 2.45) is 0 Å². The minimum Gasteiger partial charge on any atom is -0.353 e. The summed E-state index contributed by atoms with van der Waals surface area (Å²) in [6.45, 7) is 2.97. The third-order valence-corrected chi connectivity index (χ3v) is 5.91. The summed E-state index contributed by atoms with van der Waals surface area (Å²) < 4.78 is 2.72. The van der Waals surface area contributed by atoms with Crippen LogP contribution in [0.25, 0.3) is 16.7 Å². The summed E-state index contributed by atoms with van der Waals surface area (Å²) in [6.07, 6.45) is 3.31. The molecule has 9 heteroatoms. The number of carbonyl (C=O) groups excluding carboxylic acids is 2. The van der Waals surface area contributed by atoms with Gasteiger partial charge in [0.25, 0.3) is 0 Å². The largest absolute Gasteiger partial charge is 0.353 e. The second-order valence-electron chi connectivity index (χ2n) is 8.25. The van der Waals surface area contributed by atoms with Crippen molar-refractivity contribution in [2.75, 3.05) is 23.3 Å². The molecular weight excluding hydrogens is 420 g/mol. The van der Waals surface area contributed by atoms with Crippen LogP contribution in [0.15, 0.2) is 53.3 Å². The number of anilines is 2. The zero-order chi connectivity index (χ0) is 22.9. The number of benzene rings is 2. The Morgan fingerprint density at radius 2 is 1.73 bits per heavy atom. The third kappa shape index (κ3) is 3.97. The molecule has 1 saturated heterocycles. The van der Waals surface area contributed by atoms with Crippen molar-refractivity contribution < 1.29 is 9.59 Å². The van der Waals surface area contributed by atoms with E-state index in [4.69, 9.17) is 4.98 Å². The number of fused-ring (bicyclic) bond motifs is 3. The van der Waals surface area contributed by atoms with Crippen molar-refractivity contribution in [3.8, 4) is 0 Å². The van der Waals surface area contributed by atoms with E-state index in [2.05, 4.69) is 15.3 Å². The summed E-state index contributed by atoms with van der Waals surface area (Å²) in [6, 6.07) is 14.1. The smallest absolute Gasteiger partial charge is 0.351 e. The van der Waals surface area contributed by atoms with E-state index in [1.54, 1.807) is 28.7 Å². The number of para-hydroxylation sites is 2. The Bertz CT molecular complexity index is 1410. The topological polar surface area (TPSA) is 102 Å². The lowest BCUT2D eigenvalue weighted by molar-refractivity contribution is -0.117. The number of amides is 1. The van der Waals surface area contributed by atoms with Crippen LogP contribution in [0, 0.1) is 0 Å². The molecule has 5 rings (SSSR count). The highest BCUT2D eigenvalue weighted by Gasteiger charge is 2.22. The molecule has 3 heterocycles. The molecule has 1 aliphatic rings. The SMILES string of the molecule is CC(=O)c1ccc(NC(=O)Cn2nc3c(N4CCCCC4)nc4ccccc4n3c2=O)cc1. The van der Waals surface area contributed by atoms with E-state index in [1.165, 1.54) is 18.0 Å². The molecule has 0 unspecified atom stereocenters. The fourth-order valence-electron chi connectivity index (χ4n) is 4.23. The second kappa shape index (κ2) is 8.50. The number of piperidine rings is 1. The van der Waals surface area contributed by atoms with Gasteiger partial charge < -0.3 is 10.2 Å². The maximum absolute atomic E-state index is 13.3. The van der Waals surface area contributed by atoms with E-state index in [1.807, 2.05) is 24.3 Å². The highest BCUT2D eigenvalue weighted by atomic mass is 16.2. The third-order valence-electron chi connectivity index (χ3n) is 5.91. The molecule has 0 atom stereocenters. The van der Waals surface area contributed by atoms with E-state index < -0.39 is 0 Å². The number of nitrogens with zero attached hydrogens (tertiary/aromatic N) is 5. The lowest BCUT2D eigenvalue weighted by Crippen LogP contribution is -2.31. The average molecular weight is 444 g/mol. The maximum Gasteiger partial charge on any atom is 0.351 e. The Morgan fingerprint density at radius 1 is 1.00 bits per heavy atom. The molecule has 1 fully saturated rings. The molecule has 1 amide bonds. The zero-order valence-electron chi connectivity index (χ0n) is 18.3. The van der Waals surface area contributed by atoms with Gasteiger partial charge in [-0.25, -0.2) is 18.9 Å². The Labute approximate surface area is 189 Å². The highest BCUT2D eigenvalue weighted by Crippen LogP contribution is 2.25. The number of rotatable bonds is 5. The first-order valence-corrected chi connectivity index (χ1v) is 11.1. The van der Waals surface area contributed by atoms with Crippen LogP contribution in [0.4, 0.5) is 11.5 Å². The summed E-state index contributed by atoms with van der Waals surface area (Å²) in [5, 5.41) is 7.27. The molecular formula is C24H24N6O3. The van der Waals surface area contributed by atoms with Gasteiger partial charge in [0.15, 0.2) is 11.6 Å². The van der Waals surface area contributed by atoms with E-state index >= 15 is 0 Å². The van der Waals surface area contributed by atoms with Crippen molar-refractivity contribution in [2.45, 2.75) is 32.7 Å². The predicted octanol–water partition coefficient (Wildman–Crippen LogP) is 2.88. The summed E-state index contributed by atoms with van der Waals surface area (Å²) in [4.78, 5) is 44.4. The molecule has 168 valence electrons. The average Bonchev–Trinajstić information content (AvgIpc) is 3.15. The van der Waals surface area contributed by atoms with Gasteiger partial charge in [-0.2, -0.15) is 0 Å². The van der Waals surface area contributed by atoms with E-state index in [0.717, 1.165) is 25.9 Å². The number of nitrogens with one attached hydrogen (secondary N) is 1. The number of Topliss-reactive ketones (excluding diaryl/α,β-unsaturated/α-hetero) is 1. The normalized spacial score (nSPS) is 14.0. The standard InChI is InChI=1S/C24H24N6O3/c1-16(31)17-9-11-18(12-10-17)25-21(32)15-29-24(33)30-20-8-4-3-7-19(20)26-22(23(30)27-29)28-13-5-2-6-14-28/h3-4,7-12H,2,5-6,13-15H2,1H3,(H,25,32). The molecule has 2 aromatic heterocycles. The van der Waals surface area contributed by atoms with Crippen LogP contribution in [0.2, 0.25) is 0 Å². The number of hydrogen-bond donors (Lipinski definition) is 1. The van der Waals surface area contributed by atoms with Crippen LogP contribution < -0.4 is 15.9 Å². The molecule has 0 aliphatic carbocycles. The summed E-state index contributed by atoms with van der Waals surface area (Å²) >= 11 is 0. The van der Waals surface area contributed by atoms with E-state index in [9.17, 15) is 14.4 Å². The van der Waals surface area contributed by atoms with Gasteiger partial charge in [-0.1, -0.05) is 12.1 Å². The minimum absolute atomic E-state index is 0.0468. The Hall–Kier alpha value is -4.01. The molecule has 0 spiro atoms. The molecule has 0 saturated carbocycles. The molecule has 4 aromatic rings. The number of hydrogen-bond acceptors (Lipinski definition) is 6. The number of ketones is 1. The van der Waals surface area contributed by atoms with Gasteiger partial charge in [0.2, 0.25) is 11.6 Å². The second-order valence-corrected chi connectivity index (χ2v) is 8.25. The summed E-state index contributed by atoms with van der Waals surface area (Å²) in [5.74, 6) is 0.242. The van der Waals surface area contributed by atoms with Crippen molar-refractivity contribution in [1.29, 1.82) is 0 Å². The number of aromatic nitrogens is 4. The Morgan fingerprint density at radius 3 is 2.45 bits per heavy atom. The first-order valence-electron chi connectivity index (χ1n) is 11.1. The first-order chi connectivity index (χ1) is 16.0. The van der Waals surface area contributed by atoms with Gasteiger partial charge in [0.1, 0.15) is 6.54 Å².